The minimum absolute atomic E-state index is 0.0208. The molecule has 1 aromatic heterocycles. The Morgan fingerprint density at radius 2 is 1.79 bits per heavy atom. The predicted octanol–water partition coefficient (Wildman–Crippen LogP) is 3.76. The van der Waals surface area contributed by atoms with E-state index in [1.165, 1.54) is 12.1 Å². The molecule has 0 aliphatic heterocycles. The van der Waals surface area contributed by atoms with Gasteiger partial charge in [-0.05, 0) is 11.8 Å². The van der Waals surface area contributed by atoms with E-state index in [0.717, 1.165) is 13.1 Å². The normalized spacial score (nSPS) is 11.1. The molecular formula is C13H20ClN3O2. The van der Waals surface area contributed by atoms with Crippen LogP contribution in [0.1, 0.15) is 27.7 Å². The van der Waals surface area contributed by atoms with Crippen LogP contribution in [0, 0.1) is 22.0 Å². The van der Waals surface area contributed by atoms with Gasteiger partial charge in [-0.2, -0.15) is 0 Å². The van der Waals surface area contributed by atoms with Gasteiger partial charge in [0, 0.05) is 13.1 Å². The first-order valence-electron chi connectivity index (χ1n) is 6.36. The van der Waals surface area contributed by atoms with Crippen LogP contribution < -0.4 is 4.90 Å². The van der Waals surface area contributed by atoms with E-state index in [-0.39, 0.29) is 10.8 Å². The van der Waals surface area contributed by atoms with Crippen molar-refractivity contribution in [3.63, 3.8) is 0 Å². The van der Waals surface area contributed by atoms with Crippen LogP contribution in [-0.4, -0.2) is 23.0 Å². The van der Waals surface area contributed by atoms with Gasteiger partial charge in [-0.3, -0.25) is 10.1 Å². The molecule has 0 aliphatic rings. The fourth-order valence-electron chi connectivity index (χ4n) is 1.88. The fraction of sp³-hybridized carbons (Fsp3) is 0.615. The molecule has 0 saturated carbocycles. The van der Waals surface area contributed by atoms with Crippen LogP contribution >= 0.6 is 11.6 Å². The van der Waals surface area contributed by atoms with Crippen LogP contribution in [-0.2, 0) is 0 Å². The van der Waals surface area contributed by atoms with Crippen molar-refractivity contribution >= 4 is 23.1 Å². The van der Waals surface area contributed by atoms with Gasteiger partial charge < -0.3 is 4.90 Å². The highest BCUT2D eigenvalue weighted by Crippen LogP contribution is 2.24. The maximum atomic E-state index is 10.9. The van der Waals surface area contributed by atoms with E-state index in [4.69, 9.17) is 11.6 Å². The number of halogens is 1. The average Bonchev–Trinajstić information content (AvgIpc) is 2.25. The minimum Gasteiger partial charge on any atom is -0.356 e. The molecule has 5 nitrogen and oxygen atoms in total. The van der Waals surface area contributed by atoms with Crippen molar-refractivity contribution in [3.8, 4) is 0 Å². The molecule has 0 N–H and O–H groups in total. The molecule has 0 bridgehead atoms. The molecule has 6 heteroatoms. The number of anilines is 1. The lowest BCUT2D eigenvalue weighted by Crippen LogP contribution is -2.32. The Morgan fingerprint density at radius 3 is 2.21 bits per heavy atom. The van der Waals surface area contributed by atoms with Crippen molar-refractivity contribution in [2.24, 2.45) is 11.8 Å². The molecule has 0 fully saturated rings. The van der Waals surface area contributed by atoms with E-state index in [1.807, 2.05) is 4.90 Å². The predicted molar refractivity (Wildman–Crippen MR) is 77.8 cm³/mol. The summed E-state index contributed by atoms with van der Waals surface area (Å²) in [5, 5.41) is 11.0. The minimum atomic E-state index is -0.444. The topological polar surface area (TPSA) is 59.3 Å². The quantitative estimate of drug-likeness (QED) is 0.453. The van der Waals surface area contributed by atoms with Crippen LogP contribution in [0.3, 0.4) is 0 Å². The van der Waals surface area contributed by atoms with Crippen LogP contribution in [0.25, 0.3) is 0 Å². The zero-order chi connectivity index (χ0) is 14.6. The molecule has 0 radical (unpaired) electrons. The Hall–Kier alpha value is -1.36. The van der Waals surface area contributed by atoms with E-state index >= 15 is 0 Å². The number of aromatic nitrogens is 1. The van der Waals surface area contributed by atoms with Gasteiger partial charge >= 0.3 is 0 Å². The summed E-state index contributed by atoms with van der Waals surface area (Å²) in [5.74, 6) is 1.46. The molecule has 0 atom stereocenters. The fourth-order valence-corrected chi connectivity index (χ4v) is 2.08. The summed E-state index contributed by atoms with van der Waals surface area (Å²) < 4.78 is 0. The number of hydrogen-bond donors (Lipinski definition) is 0. The number of nitrogens with zero attached hydrogens (tertiary/aromatic N) is 3. The van der Waals surface area contributed by atoms with Crippen LogP contribution in [0.15, 0.2) is 12.1 Å². The summed E-state index contributed by atoms with van der Waals surface area (Å²) in [5.41, 5.74) is -0.0208. The van der Waals surface area contributed by atoms with Crippen LogP contribution in [0.2, 0.25) is 5.15 Å². The van der Waals surface area contributed by atoms with Crippen LogP contribution in [0.4, 0.5) is 11.5 Å². The molecule has 0 saturated heterocycles. The monoisotopic (exact) mass is 285 g/mol. The van der Waals surface area contributed by atoms with Crippen molar-refractivity contribution in [2.75, 3.05) is 18.0 Å². The highest BCUT2D eigenvalue weighted by atomic mass is 35.5. The molecular weight excluding hydrogens is 266 g/mol. The smallest absolute Gasteiger partial charge is 0.276 e. The largest absolute Gasteiger partial charge is 0.356 e. The zero-order valence-electron chi connectivity index (χ0n) is 11.8. The first-order chi connectivity index (χ1) is 8.79. The van der Waals surface area contributed by atoms with Gasteiger partial charge in [0.25, 0.3) is 5.69 Å². The van der Waals surface area contributed by atoms with Crippen molar-refractivity contribution in [3.05, 3.63) is 27.4 Å². The molecule has 1 rings (SSSR count). The summed E-state index contributed by atoms with van der Waals surface area (Å²) in [6.07, 6.45) is 0. The maximum absolute atomic E-state index is 10.9. The highest BCUT2D eigenvalue weighted by Gasteiger charge is 2.17. The number of rotatable bonds is 6. The second kappa shape index (κ2) is 6.70. The molecule has 1 aromatic rings. The van der Waals surface area contributed by atoms with Crippen molar-refractivity contribution in [1.29, 1.82) is 0 Å². The highest BCUT2D eigenvalue weighted by molar-refractivity contribution is 6.29. The standard InChI is InChI=1S/C13H20ClN3O2/c1-9(2)7-16(8-10(3)4)13-6-11(17(18)19)5-12(14)15-13/h5-6,9-10H,7-8H2,1-4H3. The first kappa shape index (κ1) is 15.7. The third kappa shape index (κ3) is 5.03. The van der Waals surface area contributed by atoms with Gasteiger partial charge in [0.05, 0.1) is 17.1 Å². The summed E-state index contributed by atoms with van der Waals surface area (Å²) in [6, 6.07) is 2.75. The van der Waals surface area contributed by atoms with Crippen molar-refractivity contribution in [2.45, 2.75) is 27.7 Å². The molecule has 0 amide bonds. The second-order valence-electron chi connectivity index (χ2n) is 5.46. The molecule has 1 heterocycles. The lowest BCUT2D eigenvalue weighted by atomic mass is 10.1. The number of hydrogen-bond acceptors (Lipinski definition) is 4. The lowest BCUT2D eigenvalue weighted by Gasteiger charge is -2.27. The van der Waals surface area contributed by atoms with E-state index in [9.17, 15) is 10.1 Å². The summed E-state index contributed by atoms with van der Waals surface area (Å²) in [7, 11) is 0. The van der Waals surface area contributed by atoms with Gasteiger partial charge in [0.1, 0.15) is 11.0 Å². The van der Waals surface area contributed by atoms with Crippen molar-refractivity contribution < 1.29 is 4.92 Å². The van der Waals surface area contributed by atoms with Gasteiger partial charge in [-0.25, -0.2) is 4.98 Å². The maximum Gasteiger partial charge on any atom is 0.276 e. The van der Waals surface area contributed by atoms with E-state index in [0.29, 0.717) is 17.7 Å². The Bertz CT molecular complexity index is 440. The zero-order valence-corrected chi connectivity index (χ0v) is 12.5. The molecule has 0 aromatic carbocycles. The van der Waals surface area contributed by atoms with Gasteiger partial charge in [0.15, 0.2) is 0 Å². The third-order valence-corrected chi connectivity index (χ3v) is 2.66. The Balaban J connectivity index is 3.09. The number of nitro groups is 1. The summed E-state index contributed by atoms with van der Waals surface area (Å²) >= 11 is 5.87. The Kier molecular flexibility index (Phi) is 5.54. The van der Waals surface area contributed by atoms with Gasteiger partial charge in [-0.1, -0.05) is 39.3 Å². The van der Waals surface area contributed by atoms with Crippen LogP contribution in [0.5, 0.6) is 0 Å². The van der Waals surface area contributed by atoms with E-state index in [2.05, 4.69) is 32.7 Å². The van der Waals surface area contributed by atoms with Gasteiger partial charge in [0.2, 0.25) is 0 Å². The third-order valence-electron chi connectivity index (χ3n) is 2.47. The SMILES string of the molecule is CC(C)CN(CC(C)C)c1cc([N+](=O)[O-])cc(Cl)n1. The molecule has 0 spiro atoms. The van der Waals surface area contributed by atoms with E-state index in [1.54, 1.807) is 0 Å². The first-order valence-corrected chi connectivity index (χ1v) is 6.74. The van der Waals surface area contributed by atoms with E-state index < -0.39 is 4.92 Å². The molecule has 106 valence electrons. The Labute approximate surface area is 118 Å². The summed E-state index contributed by atoms with van der Waals surface area (Å²) in [6.45, 7) is 10.0. The lowest BCUT2D eigenvalue weighted by molar-refractivity contribution is -0.384. The van der Waals surface area contributed by atoms with Crippen molar-refractivity contribution in [1.82, 2.24) is 4.98 Å². The number of pyridine rings is 1. The molecule has 0 aliphatic carbocycles. The van der Waals surface area contributed by atoms with Gasteiger partial charge in [-0.15, -0.1) is 0 Å². The second-order valence-corrected chi connectivity index (χ2v) is 5.84. The molecule has 0 unspecified atom stereocenters. The summed E-state index contributed by atoms with van der Waals surface area (Å²) in [4.78, 5) is 16.7. The average molecular weight is 286 g/mol. The molecule has 19 heavy (non-hydrogen) atoms. The Morgan fingerprint density at radius 1 is 1.26 bits per heavy atom.